The van der Waals surface area contributed by atoms with Gasteiger partial charge in [-0.2, -0.15) is 0 Å². The lowest BCUT2D eigenvalue weighted by Crippen LogP contribution is -2.44. The number of rotatable bonds is 6. The minimum atomic E-state index is -1.21. The minimum Gasteiger partial charge on any atom is -0.333 e. The summed E-state index contributed by atoms with van der Waals surface area (Å²) in [6, 6.07) is 25.9. The van der Waals surface area contributed by atoms with Crippen LogP contribution < -0.4 is 5.32 Å². The van der Waals surface area contributed by atoms with Gasteiger partial charge in [0.05, 0.1) is 6.04 Å². The molecule has 1 fully saturated rings. The fourth-order valence-corrected chi connectivity index (χ4v) is 4.46. The number of hydrogen-bond donors (Lipinski definition) is 1. The Morgan fingerprint density at radius 3 is 1.97 bits per heavy atom. The molecule has 1 unspecified atom stereocenters. The average molecular weight is 442 g/mol. The number of nitrogens with zero attached hydrogens (tertiary/aromatic N) is 2. The van der Waals surface area contributed by atoms with Crippen molar-refractivity contribution in [3.63, 3.8) is 0 Å². The van der Waals surface area contributed by atoms with E-state index in [0.717, 1.165) is 27.2 Å². The van der Waals surface area contributed by atoms with Crippen molar-refractivity contribution in [2.24, 2.45) is 0 Å². The molecule has 3 aromatic rings. The van der Waals surface area contributed by atoms with E-state index in [1.165, 1.54) is 0 Å². The molecule has 1 aliphatic heterocycles. The lowest BCUT2D eigenvalue weighted by Gasteiger charge is -2.30. The minimum absolute atomic E-state index is 0.328. The van der Waals surface area contributed by atoms with Crippen molar-refractivity contribution in [1.29, 1.82) is 0 Å². The van der Waals surface area contributed by atoms with Crippen molar-refractivity contribution in [2.45, 2.75) is 25.4 Å². The third-order valence-corrected chi connectivity index (χ3v) is 6.26. The number of amides is 4. The fraction of sp³-hybridized carbons (Fsp3) is 0.222. The molecule has 0 bridgehead atoms. The van der Waals surface area contributed by atoms with Crippen molar-refractivity contribution in [3.8, 4) is 0 Å². The van der Waals surface area contributed by atoms with E-state index in [1.807, 2.05) is 91.9 Å². The molecule has 3 aromatic carbocycles. The van der Waals surface area contributed by atoms with E-state index < -0.39 is 17.5 Å². The predicted octanol–water partition coefficient (Wildman–Crippen LogP) is 4.01. The number of benzene rings is 3. The lowest BCUT2D eigenvalue weighted by atomic mass is 9.88. The van der Waals surface area contributed by atoms with E-state index in [2.05, 4.69) is 5.32 Å². The smallest absolute Gasteiger partial charge is 0.325 e. The summed E-state index contributed by atoms with van der Waals surface area (Å²) < 4.78 is 0. The molecule has 0 aliphatic carbocycles. The summed E-state index contributed by atoms with van der Waals surface area (Å²) in [6.45, 7) is 3.24. The van der Waals surface area contributed by atoms with Crippen LogP contribution in [-0.2, 0) is 15.1 Å². The number of likely N-dealkylation sites (N-methyl/N-ethyl adjacent to an activating group) is 1. The van der Waals surface area contributed by atoms with Gasteiger partial charge in [-0.25, -0.2) is 4.79 Å². The van der Waals surface area contributed by atoms with Crippen molar-refractivity contribution in [2.75, 3.05) is 13.6 Å². The number of imide groups is 1. The molecule has 0 spiro atoms. The van der Waals surface area contributed by atoms with Crippen LogP contribution in [0.1, 0.15) is 35.2 Å². The van der Waals surface area contributed by atoms with Gasteiger partial charge < -0.3 is 10.2 Å². The lowest BCUT2D eigenvalue weighted by molar-refractivity contribution is -0.139. The van der Waals surface area contributed by atoms with Gasteiger partial charge in [-0.05, 0) is 36.1 Å². The Kier molecular flexibility index (Phi) is 6.01. The molecule has 0 saturated carbocycles. The third kappa shape index (κ3) is 4.12. The Morgan fingerprint density at radius 2 is 1.42 bits per heavy atom. The third-order valence-electron chi connectivity index (χ3n) is 6.26. The Morgan fingerprint density at radius 1 is 0.909 bits per heavy atom. The summed E-state index contributed by atoms with van der Waals surface area (Å²) >= 11 is 0. The second-order valence-electron chi connectivity index (χ2n) is 8.49. The van der Waals surface area contributed by atoms with Crippen molar-refractivity contribution in [3.05, 3.63) is 107 Å². The molecule has 1 atom stereocenters. The van der Waals surface area contributed by atoms with Gasteiger partial charge in [0.1, 0.15) is 12.1 Å². The second kappa shape index (κ2) is 8.90. The number of aryl methyl sites for hydroxylation is 1. The molecule has 4 rings (SSSR count). The van der Waals surface area contributed by atoms with Gasteiger partial charge >= 0.3 is 6.03 Å². The number of hydrogen-bond acceptors (Lipinski definition) is 3. The number of carbonyl (C=O) groups is 3. The zero-order valence-electron chi connectivity index (χ0n) is 19.0. The monoisotopic (exact) mass is 441 g/mol. The molecule has 4 amide bonds. The van der Waals surface area contributed by atoms with Gasteiger partial charge in [-0.3, -0.25) is 14.5 Å². The van der Waals surface area contributed by atoms with E-state index in [-0.39, 0.29) is 18.5 Å². The van der Waals surface area contributed by atoms with E-state index >= 15 is 0 Å². The van der Waals surface area contributed by atoms with Gasteiger partial charge in [-0.1, -0.05) is 84.9 Å². The van der Waals surface area contributed by atoms with Crippen LogP contribution in [0.25, 0.3) is 0 Å². The SMILES string of the molecule is Cc1ccccc1C1(C)NC(=O)N(CC(=O)N(C)C(c2ccccc2)c2ccccc2)C1=O. The molecule has 0 aromatic heterocycles. The van der Waals surface area contributed by atoms with Crippen LogP contribution in [0.15, 0.2) is 84.9 Å². The molecule has 0 radical (unpaired) electrons. The summed E-state index contributed by atoms with van der Waals surface area (Å²) in [7, 11) is 1.70. The molecular formula is C27H27N3O3. The first-order chi connectivity index (χ1) is 15.8. The summed E-state index contributed by atoms with van der Waals surface area (Å²) in [5.74, 6) is -0.759. The standard InChI is InChI=1S/C27H27N3O3/c1-19-12-10-11-17-22(19)27(2)25(32)30(26(33)28-27)18-23(31)29(3)24(20-13-6-4-7-14-20)21-15-8-5-9-16-21/h4-17,24H,18H2,1-3H3,(H,28,33). The summed E-state index contributed by atoms with van der Waals surface area (Å²) in [5, 5.41) is 2.79. The molecule has 1 heterocycles. The van der Waals surface area contributed by atoms with E-state index in [4.69, 9.17) is 0 Å². The van der Waals surface area contributed by atoms with E-state index in [9.17, 15) is 14.4 Å². The first kappa shape index (κ1) is 22.3. The highest BCUT2D eigenvalue weighted by Gasteiger charge is 2.50. The average Bonchev–Trinajstić information content (AvgIpc) is 3.04. The maximum Gasteiger partial charge on any atom is 0.325 e. The van der Waals surface area contributed by atoms with Gasteiger partial charge in [-0.15, -0.1) is 0 Å². The van der Waals surface area contributed by atoms with Crippen molar-refractivity contribution < 1.29 is 14.4 Å². The van der Waals surface area contributed by atoms with Crippen LogP contribution in [0.4, 0.5) is 4.79 Å². The largest absolute Gasteiger partial charge is 0.333 e. The summed E-state index contributed by atoms with van der Waals surface area (Å²) in [4.78, 5) is 42.1. The van der Waals surface area contributed by atoms with E-state index in [1.54, 1.807) is 18.9 Å². The predicted molar refractivity (Wildman–Crippen MR) is 126 cm³/mol. The van der Waals surface area contributed by atoms with Crippen LogP contribution in [0.2, 0.25) is 0 Å². The van der Waals surface area contributed by atoms with Crippen molar-refractivity contribution >= 4 is 17.8 Å². The molecule has 168 valence electrons. The molecule has 1 N–H and O–H groups in total. The van der Waals surface area contributed by atoms with Crippen molar-refractivity contribution in [1.82, 2.24) is 15.1 Å². The van der Waals surface area contributed by atoms with Crippen LogP contribution in [-0.4, -0.2) is 41.2 Å². The number of carbonyl (C=O) groups excluding carboxylic acids is 3. The van der Waals surface area contributed by atoms with E-state index in [0.29, 0.717) is 0 Å². The molecule has 6 heteroatoms. The van der Waals surface area contributed by atoms with Crippen LogP contribution in [0, 0.1) is 6.92 Å². The molecule has 6 nitrogen and oxygen atoms in total. The zero-order valence-corrected chi connectivity index (χ0v) is 19.0. The van der Waals surface area contributed by atoms with Crippen LogP contribution in [0.3, 0.4) is 0 Å². The summed E-state index contributed by atoms with van der Waals surface area (Å²) in [6.07, 6.45) is 0. The maximum atomic E-state index is 13.3. The highest BCUT2D eigenvalue weighted by Crippen LogP contribution is 2.32. The number of urea groups is 1. The van der Waals surface area contributed by atoms with Crippen LogP contribution in [0.5, 0.6) is 0 Å². The molecule has 33 heavy (non-hydrogen) atoms. The van der Waals surface area contributed by atoms with Gasteiger partial charge in [0.15, 0.2) is 0 Å². The number of nitrogens with one attached hydrogen (secondary N) is 1. The second-order valence-corrected chi connectivity index (χ2v) is 8.49. The Balaban J connectivity index is 1.60. The van der Waals surface area contributed by atoms with Gasteiger partial charge in [0.25, 0.3) is 5.91 Å². The topological polar surface area (TPSA) is 69.7 Å². The maximum absolute atomic E-state index is 13.3. The Labute approximate surface area is 193 Å². The highest BCUT2D eigenvalue weighted by atomic mass is 16.2. The normalized spacial score (nSPS) is 17.9. The van der Waals surface area contributed by atoms with Gasteiger partial charge in [0.2, 0.25) is 5.91 Å². The fourth-order valence-electron chi connectivity index (χ4n) is 4.46. The first-order valence-electron chi connectivity index (χ1n) is 10.9. The van der Waals surface area contributed by atoms with Crippen LogP contribution >= 0.6 is 0 Å². The molecular weight excluding hydrogens is 414 g/mol. The quantitative estimate of drug-likeness (QED) is 0.588. The Hall–Kier alpha value is -3.93. The molecule has 1 saturated heterocycles. The van der Waals surface area contributed by atoms with Gasteiger partial charge in [0, 0.05) is 7.05 Å². The molecule has 1 aliphatic rings. The first-order valence-corrected chi connectivity index (χ1v) is 10.9. The summed E-state index contributed by atoms with van der Waals surface area (Å²) in [5.41, 5.74) is 2.30. The highest BCUT2D eigenvalue weighted by molar-refractivity contribution is 6.09. The Bertz CT molecular complexity index is 1140. The zero-order chi connectivity index (χ0) is 23.6.